The fourth-order valence-electron chi connectivity index (χ4n) is 3.98. The minimum Gasteiger partial charge on any atom is -0.496 e. The highest BCUT2D eigenvalue weighted by Crippen LogP contribution is 2.47. The fraction of sp³-hybridized carbons (Fsp3) is 0.632. The maximum atomic E-state index is 10.8. The third kappa shape index (κ3) is 2.70. The Morgan fingerprint density at radius 2 is 1.95 bits per heavy atom. The summed E-state index contributed by atoms with van der Waals surface area (Å²) in [6.45, 7) is 2.34. The molecule has 2 fully saturated rings. The predicted molar refractivity (Wildman–Crippen MR) is 87.0 cm³/mol. The Hall–Kier alpha value is -1.60. The monoisotopic (exact) mass is 299 g/mol. The molecule has 3 heteroatoms. The van der Waals surface area contributed by atoms with Crippen LogP contribution in [-0.4, -0.2) is 13.2 Å². The van der Waals surface area contributed by atoms with Crippen LogP contribution in [0.4, 0.5) is 0 Å². The van der Waals surface area contributed by atoms with E-state index in [2.05, 4.69) is 30.1 Å². The fourth-order valence-corrected chi connectivity index (χ4v) is 3.98. The number of carbonyl (C=O) groups excluding carboxylic acids is 1. The molecule has 0 aliphatic heterocycles. The van der Waals surface area contributed by atoms with Gasteiger partial charge < -0.3 is 4.74 Å². The van der Waals surface area contributed by atoms with Gasteiger partial charge in [0.05, 0.1) is 12.6 Å². The van der Waals surface area contributed by atoms with Crippen LogP contribution in [0.25, 0.3) is 0 Å². The lowest BCUT2D eigenvalue weighted by Crippen LogP contribution is -2.32. The van der Waals surface area contributed by atoms with Crippen LogP contribution in [0.15, 0.2) is 23.2 Å². The van der Waals surface area contributed by atoms with Gasteiger partial charge in [0.1, 0.15) is 5.75 Å². The zero-order valence-corrected chi connectivity index (χ0v) is 13.6. The summed E-state index contributed by atoms with van der Waals surface area (Å²) in [6, 6.07) is 6.39. The van der Waals surface area contributed by atoms with Gasteiger partial charge in [-0.2, -0.15) is 4.99 Å². The number of hydrogen-bond acceptors (Lipinski definition) is 3. The summed E-state index contributed by atoms with van der Waals surface area (Å²) in [5.74, 6) is 2.39. The highest BCUT2D eigenvalue weighted by Gasteiger charge is 2.39. The lowest BCUT2D eigenvalue weighted by molar-refractivity contribution is 0.255. The molecule has 0 amide bonds. The highest BCUT2D eigenvalue weighted by molar-refractivity contribution is 5.45. The second-order valence-corrected chi connectivity index (χ2v) is 7.00. The van der Waals surface area contributed by atoms with Gasteiger partial charge in [-0.3, -0.25) is 0 Å². The number of aliphatic imine (C=N–C) groups is 1. The lowest BCUT2D eigenvalue weighted by Gasteiger charge is -2.38. The maximum absolute atomic E-state index is 10.8. The summed E-state index contributed by atoms with van der Waals surface area (Å²) in [5, 5.41) is 0. The van der Waals surface area contributed by atoms with Gasteiger partial charge in [-0.25, -0.2) is 4.79 Å². The summed E-state index contributed by atoms with van der Waals surface area (Å²) in [7, 11) is 1.74. The van der Waals surface area contributed by atoms with Crippen LogP contribution >= 0.6 is 0 Å². The summed E-state index contributed by atoms with van der Waals surface area (Å²) in [4.78, 5) is 15.0. The Bertz CT molecular complexity index is 577. The standard InChI is InChI=1S/C19H25NO2/c1-14-4-6-15(7-5-14)17-12-16(8-9-18(17)22-2)19(20-13-21)10-3-11-19/h8-9,12,14-15H,3-7,10-11H2,1-2H3. The molecule has 3 nitrogen and oxygen atoms in total. The molecule has 22 heavy (non-hydrogen) atoms. The SMILES string of the molecule is COc1ccc(C2(N=C=O)CCC2)cc1C1CCC(C)CC1. The summed E-state index contributed by atoms with van der Waals surface area (Å²) >= 11 is 0. The molecule has 3 rings (SSSR count). The second kappa shape index (κ2) is 6.26. The third-order valence-electron chi connectivity index (χ3n) is 5.66. The average Bonchev–Trinajstić information content (AvgIpc) is 2.51. The van der Waals surface area contributed by atoms with Crippen molar-refractivity contribution in [2.75, 3.05) is 7.11 Å². The minimum atomic E-state index is -0.315. The Morgan fingerprint density at radius 3 is 2.50 bits per heavy atom. The number of methoxy groups -OCH3 is 1. The summed E-state index contributed by atoms with van der Waals surface area (Å²) in [5.41, 5.74) is 2.15. The number of nitrogens with zero attached hydrogens (tertiary/aromatic N) is 1. The van der Waals surface area contributed by atoms with Crippen molar-refractivity contribution in [3.8, 4) is 5.75 Å². The van der Waals surface area contributed by atoms with Crippen LogP contribution < -0.4 is 4.74 Å². The molecule has 1 aromatic rings. The van der Waals surface area contributed by atoms with E-state index < -0.39 is 0 Å². The average molecular weight is 299 g/mol. The maximum Gasteiger partial charge on any atom is 0.235 e. The van der Waals surface area contributed by atoms with Crippen LogP contribution in [0.2, 0.25) is 0 Å². The minimum absolute atomic E-state index is 0.315. The summed E-state index contributed by atoms with van der Waals surface area (Å²) in [6.07, 6.45) is 9.86. The molecule has 118 valence electrons. The van der Waals surface area contributed by atoms with Gasteiger partial charge >= 0.3 is 0 Å². The van der Waals surface area contributed by atoms with Crippen molar-refractivity contribution in [2.24, 2.45) is 10.9 Å². The van der Waals surface area contributed by atoms with Crippen molar-refractivity contribution < 1.29 is 9.53 Å². The number of ether oxygens (including phenoxy) is 1. The van der Waals surface area contributed by atoms with E-state index in [9.17, 15) is 4.79 Å². The van der Waals surface area contributed by atoms with Crippen LogP contribution in [0, 0.1) is 5.92 Å². The molecular weight excluding hydrogens is 274 g/mol. The molecule has 0 unspecified atom stereocenters. The molecule has 2 aliphatic rings. The van der Waals surface area contributed by atoms with Crippen LogP contribution in [0.3, 0.4) is 0 Å². The largest absolute Gasteiger partial charge is 0.496 e. The molecule has 0 radical (unpaired) electrons. The zero-order chi connectivity index (χ0) is 15.6. The first kappa shape index (κ1) is 15.3. The van der Waals surface area contributed by atoms with Gasteiger partial charge in [0.2, 0.25) is 6.08 Å². The van der Waals surface area contributed by atoms with Crippen molar-refractivity contribution in [3.63, 3.8) is 0 Å². The molecule has 0 aromatic heterocycles. The Labute approximate surface area is 132 Å². The number of hydrogen-bond donors (Lipinski definition) is 0. The van der Waals surface area contributed by atoms with Gasteiger partial charge in [0.15, 0.2) is 0 Å². The van der Waals surface area contributed by atoms with Crippen LogP contribution in [0.1, 0.15) is 68.9 Å². The van der Waals surface area contributed by atoms with Crippen molar-refractivity contribution in [1.82, 2.24) is 0 Å². The Balaban J connectivity index is 1.94. The van der Waals surface area contributed by atoms with Gasteiger partial charge in [-0.1, -0.05) is 25.8 Å². The molecule has 0 spiro atoms. The van der Waals surface area contributed by atoms with Crippen molar-refractivity contribution in [3.05, 3.63) is 29.3 Å². The van der Waals surface area contributed by atoms with Crippen molar-refractivity contribution >= 4 is 6.08 Å². The predicted octanol–water partition coefficient (Wildman–Crippen LogP) is 4.70. The summed E-state index contributed by atoms with van der Waals surface area (Å²) < 4.78 is 5.60. The first-order valence-electron chi connectivity index (χ1n) is 8.46. The molecular formula is C19H25NO2. The van der Waals surface area contributed by atoms with Gasteiger partial charge in [-0.05, 0) is 67.2 Å². The first-order valence-corrected chi connectivity index (χ1v) is 8.46. The van der Waals surface area contributed by atoms with Crippen molar-refractivity contribution in [2.45, 2.75) is 63.3 Å². The Morgan fingerprint density at radius 1 is 1.23 bits per heavy atom. The van der Waals surface area contributed by atoms with Crippen molar-refractivity contribution in [1.29, 1.82) is 0 Å². The second-order valence-electron chi connectivity index (χ2n) is 7.00. The van der Waals surface area contributed by atoms with E-state index in [0.29, 0.717) is 5.92 Å². The highest BCUT2D eigenvalue weighted by atomic mass is 16.5. The normalized spacial score (nSPS) is 26.6. The molecule has 0 N–H and O–H groups in total. The molecule has 1 aromatic carbocycles. The van der Waals surface area contributed by atoms with Gasteiger partial charge in [0, 0.05) is 0 Å². The van der Waals surface area contributed by atoms with E-state index >= 15 is 0 Å². The molecule has 0 heterocycles. The smallest absolute Gasteiger partial charge is 0.235 e. The van der Waals surface area contributed by atoms with E-state index in [1.54, 1.807) is 13.2 Å². The topological polar surface area (TPSA) is 38.7 Å². The number of rotatable bonds is 4. The lowest BCUT2D eigenvalue weighted by atomic mass is 9.71. The molecule has 0 bridgehead atoms. The molecule has 2 aliphatic carbocycles. The third-order valence-corrected chi connectivity index (χ3v) is 5.66. The van der Waals surface area contributed by atoms with Gasteiger partial charge in [-0.15, -0.1) is 0 Å². The quantitative estimate of drug-likeness (QED) is 0.597. The van der Waals surface area contributed by atoms with E-state index in [0.717, 1.165) is 36.5 Å². The molecule has 2 saturated carbocycles. The van der Waals surface area contributed by atoms with Crippen LogP contribution in [-0.2, 0) is 10.3 Å². The number of isocyanates is 1. The van der Waals surface area contributed by atoms with E-state index in [1.165, 1.54) is 31.2 Å². The van der Waals surface area contributed by atoms with Crippen LogP contribution in [0.5, 0.6) is 5.75 Å². The molecule has 0 atom stereocenters. The number of benzene rings is 1. The Kier molecular flexibility index (Phi) is 4.35. The van der Waals surface area contributed by atoms with E-state index in [4.69, 9.17) is 4.74 Å². The van der Waals surface area contributed by atoms with E-state index in [-0.39, 0.29) is 5.54 Å². The first-order chi connectivity index (χ1) is 10.7. The van der Waals surface area contributed by atoms with Gasteiger partial charge in [0.25, 0.3) is 0 Å². The zero-order valence-electron chi connectivity index (χ0n) is 13.6. The van der Waals surface area contributed by atoms with E-state index in [1.807, 2.05) is 0 Å². The molecule has 0 saturated heterocycles.